The lowest BCUT2D eigenvalue weighted by molar-refractivity contribution is -0.139. The molecule has 3 rings (SSSR count). The van der Waals surface area contributed by atoms with Gasteiger partial charge in [0.15, 0.2) is 18.2 Å². The molecule has 0 unspecified atom stereocenters. The maximum absolute atomic E-state index is 13.8. The van der Waals surface area contributed by atoms with Gasteiger partial charge >= 0.3 is 5.97 Å². The van der Waals surface area contributed by atoms with Crippen LogP contribution in [-0.4, -0.2) is 23.6 Å². The molecule has 0 bridgehead atoms. The van der Waals surface area contributed by atoms with Crippen molar-refractivity contribution in [1.82, 2.24) is 5.32 Å². The molecule has 0 radical (unpaired) electrons. The van der Waals surface area contributed by atoms with Crippen LogP contribution in [0.3, 0.4) is 0 Å². The molecule has 0 aromatic heterocycles. The number of benzene rings is 2. The zero-order chi connectivity index (χ0) is 18.7. The van der Waals surface area contributed by atoms with Gasteiger partial charge in [-0.2, -0.15) is 0 Å². The quantitative estimate of drug-likeness (QED) is 0.795. The highest BCUT2D eigenvalue weighted by atomic mass is 19.2. The van der Waals surface area contributed by atoms with Gasteiger partial charge < -0.3 is 15.2 Å². The fraction of sp³-hybridized carbons (Fsp3) is 0.263. The Balaban J connectivity index is 1.54. The number of carboxylic acids is 1. The number of nitrogens with one attached hydrogen (secondary N) is 1. The molecule has 2 aromatic carbocycles. The average molecular weight is 361 g/mol. The fourth-order valence-corrected chi connectivity index (χ4v) is 2.85. The predicted molar refractivity (Wildman–Crippen MR) is 88.6 cm³/mol. The van der Waals surface area contributed by atoms with Crippen molar-refractivity contribution in [2.45, 2.75) is 18.9 Å². The highest BCUT2D eigenvalue weighted by Crippen LogP contribution is 2.48. The number of ether oxygens (including phenoxy) is 1. The fourth-order valence-electron chi connectivity index (χ4n) is 2.85. The number of carbonyl (C=O) groups excluding carboxylic acids is 1. The van der Waals surface area contributed by atoms with Gasteiger partial charge in [0.25, 0.3) is 0 Å². The topological polar surface area (TPSA) is 75.6 Å². The lowest BCUT2D eigenvalue weighted by Crippen LogP contribution is -2.25. The maximum atomic E-state index is 13.8. The van der Waals surface area contributed by atoms with Crippen LogP contribution in [0.4, 0.5) is 8.78 Å². The van der Waals surface area contributed by atoms with E-state index in [1.807, 2.05) is 0 Å². The Morgan fingerprint density at radius 1 is 1.19 bits per heavy atom. The Morgan fingerprint density at radius 2 is 1.96 bits per heavy atom. The van der Waals surface area contributed by atoms with Crippen molar-refractivity contribution in [2.24, 2.45) is 5.92 Å². The number of halogens is 2. The summed E-state index contributed by atoms with van der Waals surface area (Å²) in [6.45, 7) is -0.212. The standard InChI is InChI=1S/C19H17F2NO4/c20-16-6-2-5-13(18(16)21)14-8-15(14)19(25)22-9-11-3-1-4-12(7-11)26-10-17(23)24/h1-7,14-15H,8-10H2,(H,22,25)(H,23,24)/t14-,15+/m1/s1. The van der Waals surface area contributed by atoms with Crippen LogP contribution in [0, 0.1) is 17.6 Å². The van der Waals surface area contributed by atoms with Crippen LogP contribution in [0.2, 0.25) is 0 Å². The van der Waals surface area contributed by atoms with E-state index >= 15 is 0 Å². The summed E-state index contributed by atoms with van der Waals surface area (Å²) < 4.78 is 32.2. The smallest absolute Gasteiger partial charge is 0.341 e. The number of rotatable bonds is 7. The van der Waals surface area contributed by atoms with Crippen molar-refractivity contribution in [3.05, 3.63) is 65.2 Å². The number of carbonyl (C=O) groups is 2. The molecule has 1 amide bonds. The number of carboxylic acid groups (broad SMARTS) is 1. The first-order valence-corrected chi connectivity index (χ1v) is 8.11. The SMILES string of the molecule is O=C(O)COc1cccc(CNC(=O)[C@H]2C[C@@H]2c2cccc(F)c2F)c1. The van der Waals surface area contributed by atoms with E-state index in [1.54, 1.807) is 24.3 Å². The predicted octanol–water partition coefficient (Wildman–Crippen LogP) is 2.85. The number of amides is 1. The van der Waals surface area contributed by atoms with Crippen LogP contribution in [0.25, 0.3) is 0 Å². The molecule has 26 heavy (non-hydrogen) atoms. The molecule has 0 spiro atoms. The Bertz CT molecular complexity index is 840. The highest BCUT2D eigenvalue weighted by molar-refractivity contribution is 5.82. The van der Waals surface area contributed by atoms with Crippen molar-refractivity contribution in [3.63, 3.8) is 0 Å². The maximum Gasteiger partial charge on any atom is 0.341 e. The molecule has 2 N–H and O–H groups in total. The van der Waals surface area contributed by atoms with Crippen LogP contribution >= 0.6 is 0 Å². The van der Waals surface area contributed by atoms with Gasteiger partial charge in [-0.15, -0.1) is 0 Å². The molecular weight excluding hydrogens is 344 g/mol. The summed E-state index contributed by atoms with van der Waals surface area (Å²) in [6, 6.07) is 10.7. The van der Waals surface area contributed by atoms with E-state index in [4.69, 9.17) is 9.84 Å². The second-order valence-electron chi connectivity index (χ2n) is 6.14. The summed E-state index contributed by atoms with van der Waals surface area (Å²) in [4.78, 5) is 22.7. The third-order valence-corrected chi connectivity index (χ3v) is 4.24. The van der Waals surface area contributed by atoms with Crippen LogP contribution in [0.15, 0.2) is 42.5 Å². The average Bonchev–Trinajstić information content (AvgIpc) is 3.41. The van der Waals surface area contributed by atoms with Crippen LogP contribution in [-0.2, 0) is 16.1 Å². The Hall–Kier alpha value is -2.96. The monoisotopic (exact) mass is 361 g/mol. The highest BCUT2D eigenvalue weighted by Gasteiger charge is 2.45. The lowest BCUT2D eigenvalue weighted by Gasteiger charge is -2.08. The molecular formula is C19H17F2NO4. The zero-order valence-electron chi connectivity index (χ0n) is 13.7. The summed E-state index contributed by atoms with van der Waals surface area (Å²) >= 11 is 0. The minimum Gasteiger partial charge on any atom is -0.482 e. The second kappa shape index (κ2) is 7.51. The van der Waals surface area contributed by atoms with Gasteiger partial charge in [-0.1, -0.05) is 24.3 Å². The van der Waals surface area contributed by atoms with E-state index in [0.717, 1.165) is 11.6 Å². The van der Waals surface area contributed by atoms with E-state index < -0.39 is 24.2 Å². The van der Waals surface area contributed by atoms with Crippen molar-refractivity contribution in [2.75, 3.05) is 6.61 Å². The molecule has 5 nitrogen and oxygen atoms in total. The molecule has 1 aliphatic carbocycles. The minimum atomic E-state index is -1.08. The van der Waals surface area contributed by atoms with Crippen molar-refractivity contribution in [1.29, 1.82) is 0 Å². The molecule has 0 heterocycles. The van der Waals surface area contributed by atoms with Gasteiger partial charge in [-0.05, 0) is 41.7 Å². The first-order valence-electron chi connectivity index (χ1n) is 8.11. The largest absolute Gasteiger partial charge is 0.482 e. The van der Waals surface area contributed by atoms with Gasteiger partial charge in [0, 0.05) is 12.5 Å². The van der Waals surface area contributed by atoms with Crippen LogP contribution < -0.4 is 10.1 Å². The molecule has 2 atom stereocenters. The molecule has 1 fully saturated rings. The molecule has 0 saturated heterocycles. The molecule has 2 aromatic rings. The Kier molecular flexibility index (Phi) is 5.16. The lowest BCUT2D eigenvalue weighted by atomic mass is 10.1. The first kappa shape index (κ1) is 17.8. The second-order valence-corrected chi connectivity index (χ2v) is 6.14. The van der Waals surface area contributed by atoms with E-state index in [2.05, 4.69) is 5.32 Å². The van der Waals surface area contributed by atoms with E-state index in [1.165, 1.54) is 12.1 Å². The summed E-state index contributed by atoms with van der Waals surface area (Å²) in [6.07, 6.45) is 0.480. The Labute approximate surface area is 148 Å². The van der Waals surface area contributed by atoms with Crippen LogP contribution in [0.1, 0.15) is 23.5 Å². The molecule has 136 valence electrons. The third-order valence-electron chi connectivity index (χ3n) is 4.24. The Morgan fingerprint density at radius 3 is 2.73 bits per heavy atom. The van der Waals surface area contributed by atoms with Crippen molar-refractivity contribution >= 4 is 11.9 Å². The normalized spacial score (nSPS) is 18.2. The van der Waals surface area contributed by atoms with Crippen molar-refractivity contribution < 1.29 is 28.2 Å². The number of aliphatic carboxylic acids is 1. The zero-order valence-corrected chi connectivity index (χ0v) is 13.7. The molecule has 7 heteroatoms. The van der Waals surface area contributed by atoms with E-state index in [-0.39, 0.29) is 29.9 Å². The van der Waals surface area contributed by atoms with Gasteiger partial charge in [-0.25, -0.2) is 13.6 Å². The van der Waals surface area contributed by atoms with E-state index in [0.29, 0.717) is 12.2 Å². The van der Waals surface area contributed by atoms with E-state index in [9.17, 15) is 18.4 Å². The van der Waals surface area contributed by atoms with Gasteiger partial charge in [-0.3, -0.25) is 4.79 Å². The summed E-state index contributed by atoms with van der Waals surface area (Å²) in [5.41, 5.74) is 0.976. The van der Waals surface area contributed by atoms with Gasteiger partial charge in [0.05, 0.1) is 0 Å². The van der Waals surface area contributed by atoms with Crippen LogP contribution in [0.5, 0.6) is 5.75 Å². The molecule has 1 saturated carbocycles. The molecule has 1 aliphatic rings. The number of hydrogen-bond acceptors (Lipinski definition) is 3. The number of hydrogen-bond donors (Lipinski definition) is 2. The van der Waals surface area contributed by atoms with Crippen molar-refractivity contribution in [3.8, 4) is 5.75 Å². The third kappa shape index (κ3) is 4.17. The summed E-state index contributed by atoms with van der Waals surface area (Å²) in [7, 11) is 0. The summed E-state index contributed by atoms with van der Waals surface area (Å²) in [5.74, 6) is -3.40. The summed E-state index contributed by atoms with van der Waals surface area (Å²) in [5, 5.41) is 11.4. The van der Waals surface area contributed by atoms with Gasteiger partial charge in [0.1, 0.15) is 5.75 Å². The molecule has 0 aliphatic heterocycles. The first-order chi connectivity index (χ1) is 12.5. The van der Waals surface area contributed by atoms with Gasteiger partial charge in [0.2, 0.25) is 5.91 Å². The minimum absolute atomic E-state index is 0.226.